The first kappa shape index (κ1) is 13.7. The Labute approximate surface area is 123 Å². The van der Waals surface area contributed by atoms with Crippen LogP contribution >= 0.6 is 39.1 Å². The highest BCUT2D eigenvalue weighted by Crippen LogP contribution is 2.25. The van der Waals surface area contributed by atoms with Crippen molar-refractivity contribution in [1.82, 2.24) is 0 Å². The SMILES string of the molecule is Fc1ccc(Br)cc1OCc1ccc(Cl)cc1Cl. The molecule has 0 spiro atoms. The van der Waals surface area contributed by atoms with Crippen molar-refractivity contribution in [3.8, 4) is 5.75 Å². The molecule has 0 aliphatic carbocycles. The van der Waals surface area contributed by atoms with Gasteiger partial charge in [-0.05, 0) is 30.3 Å². The average molecular weight is 350 g/mol. The van der Waals surface area contributed by atoms with E-state index >= 15 is 0 Å². The van der Waals surface area contributed by atoms with Gasteiger partial charge in [0.1, 0.15) is 6.61 Å². The van der Waals surface area contributed by atoms with E-state index in [-0.39, 0.29) is 12.4 Å². The van der Waals surface area contributed by atoms with Crippen molar-refractivity contribution in [2.45, 2.75) is 6.61 Å². The molecular weight excluding hydrogens is 342 g/mol. The topological polar surface area (TPSA) is 9.23 Å². The van der Waals surface area contributed by atoms with Crippen molar-refractivity contribution >= 4 is 39.1 Å². The predicted molar refractivity (Wildman–Crippen MR) is 74.9 cm³/mol. The van der Waals surface area contributed by atoms with E-state index in [9.17, 15) is 4.39 Å². The molecule has 2 aromatic rings. The van der Waals surface area contributed by atoms with E-state index < -0.39 is 5.82 Å². The predicted octanol–water partition coefficient (Wildman–Crippen LogP) is 5.47. The van der Waals surface area contributed by atoms with Gasteiger partial charge in [0.2, 0.25) is 0 Å². The zero-order chi connectivity index (χ0) is 13.1. The second-order valence-electron chi connectivity index (χ2n) is 3.60. The molecule has 0 bridgehead atoms. The number of ether oxygens (including phenoxy) is 1. The molecule has 0 saturated carbocycles. The van der Waals surface area contributed by atoms with Crippen LogP contribution in [0.3, 0.4) is 0 Å². The minimum Gasteiger partial charge on any atom is -0.486 e. The number of halogens is 4. The first-order valence-electron chi connectivity index (χ1n) is 5.08. The largest absolute Gasteiger partial charge is 0.486 e. The standard InChI is InChI=1S/C13H8BrCl2FO/c14-9-2-4-12(17)13(5-9)18-7-8-1-3-10(15)6-11(8)16/h1-6H,7H2. The van der Waals surface area contributed by atoms with Gasteiger partial charge in [0, 0.05) is 20.1 Å². The van der Waals surface area contributed by atoms with Gasteiger partial charge in [-0.3, -0.25) is 0 Å². The molecule has 0 heterocycles. The van der Waals surface area contributed by atoms with Crippen LogP contribution < -0.4 is 4.74 Å². The monoisotopic (exact) mass is 348 g/mol. The van der Waals surface area contributed by atoms with E-state index in [2.05, 4.69) is 15.9 Å². The summed E-state index contributed by atoms with van der Waals surface area (Å²) < 4.78 is 19.6. The summed E-state index contributed by atoms with van der Waals surface area (Å²) in [5, 5.41) is 1.05. The van der Waals surface area contributed by atoms with Crippen LogP contribution in [-0.4, -0.2) is 0 Å². The summed E-state index contributed by atoms with van der Waals surface area (Å²) >= 11 is 15.0. The van der Waals surface area contributed by atoms with Gasteiger partial charge in [0.15, 0.2) is 11.6 Å². The third kappa shape index (κ3) is 3.37. The zero-order valence-corrected chi connectivity index (χ0v) is 12.2. The smallest absolute Gasteiger partial charge is 0.165 e. The van der Waals surface area contributed by atoms with Crippen LogP contribution in [0.4, 0.5) is 4.39 Å². The van der Waals surface area contributed by atoms with Crippen molar-refractivity contribution in [3.63, 3.8) is 0 Å². The molecule has 94 valence electrons. The quantitative estimate of drug-likeness (QED) is 0.713. The van der Waals surface area contributed by atoms with E-state index in [0.717, 1.165) is 10.0 Å². The molecule has 0 aliphatic heterocycles. The maximum atomic E-state index is 13.4. The number of hydrogen-bond acceptors (Lipinski definition) is 1. The van der Waals surface area contributed by atoms with Gasteiger partial charge in [-0.2, -0.15) is 0 Å². The van der Waals surface area contributed by atoms with Crippen molar-refractivity contribution in [2.75, 3.05) is 0 Å². The Balaban J connectivity index is 2.13. The highest BCUT2D eigenvalue weighted by Gasteiger charge is 2.06. The minimum atomic E-state index is -0.414. The molecule has 1 nitrogen and oxygen atoms in total. The van der Waals surface area contributed by atoms with E-state index in [0.29, 0.717) is 10.0 Å². The van der Waals surface area contributed by atoms with Crippen LogP contribution in [0.5, 0.6) is 5.75 Å². The summed E-state index contributed by atoms with van der Waals surface area (Å²) in [6, 6.07) is 9.60. The molecule has 0 atom stereocenters. The summed E-state index contributed by atoms with van der Waals surface area (Å²) in [7, 11) is 0. The van der Waals surface area contributed by atoms with Crippen LogP contribution in [0.2, 0.25) is 10.0 Å². The van der Waals surface area contributed by atoms with E-state index in [1.54, 1.807) is 30.3 Å². The molecule has 2 aromatic carbocycles. The second-order valence-corrected chi connectivity index (χ2v) is 5.36. The molecule has 0 fully saturated rings. The van der Waals surface area contributed by atoms with Crippen LogP contribution in [-0.2, 0) is 6.61 Å². The van der Waals surface area contributed by atoms with Crippen molar-refractivity contribution in [1.29, 1.82) is 0 Å². The normalized spacial score (nSPS) is 10.4. The fraction of sp³-hybridized carbons (Fsp3) is 0.0769. The average Bonchev–Trinajstić information content (AvgIpc) is 2.32. The molecule has 0 saturated heterocycles. The summed E-state index contributed by atoms with van der Waals surface area (Å²) in [6.07, 6.45) is 0. The van der Waals surface area contributed by atoms with E-state index in [1.165, 1.54) is 6.07 Å². The molecule has 18 heavy (non-hydrogen) atoms. The van der Waals surface area contributed by atoms with Gasteiger partial charge in [-0.25, -0.2) is 4.39 Å². The zero-order valence-electron chi connectivity index (χ0n) is 9.09. The fourth-order valence-corrected chi connectivity index (χ4v) is 2.19. The van der Waals surface area contributed by atoms with Gasteiger partial charge in [-0.15, -0.1) is 0 Å². The summed E-state index contributed by atoms with van der Waals surface area (Å²) in [4.78, 5) is 0. The number of benzene rings is 2. The molecule has 2 rings (SSSR count). The van der Waals surface area contributed by atoms with Crippen molar-refractivity contribution < 1.29 is 9.13 Å². The fourth-order valence-electron chi connectivity index (χ4n) is 1.38. The molecule has 5 heteroatoms. The van der Waals surface area contributed by atoms with Gasteiger partial charge in [0.05, 0.1) is 0 Å². The molecule has 0 unspecified atom stereocenters. The third-order valence-corrected chi connectivity index (χ3v) is 3.37. The van der Waals surface area contributed by atoms with Crippen LogP contribution in [0.25, 0.3) is 0 Å². The van der Waals surface area contributed by atoms with Gasteiger partial charge >= 0.3 is 0 Å². The lowest BCUT2D eigenvalue weighted by molar-refractivity contribution is 0.290. The van der Waals surface area contributed by atoms with Crippen LogP contribution in [0.15, 0.2) is 40.9 Å². The van der Waals surface area contributed by atoms with Gasteiger partial charge in [0.25, 0.3) is 0 Å². The Kier molecular flexibility index (Phi) is 4.49. The Bertz CT molecular complexity index is 575. The second kappa shape index (κ2) is 5.91. The lowest BCUT2D eigenvalue weighted by atomic mass is 10.2. The van der Waals surface area contributed by atoms with Crippen molar-refractivity contribution in [3.05, 3.63) is 62.3 Å². The Morgan fingerprint density at radius 3 is 2.61 bits per heavy atom. The van der Waals surface area contributed by atoms with Crippen LogP contribution in [0.1, 0.15) is 5.56 Å². The van der Waals surface area contributed by atoms with Gasteiger partial charge in [-0.1, -0.05) is 45.2 Å². The first-order chi connectivity index (χ1) is 8.56. The van der Waals surface area contributed by atoms with E-state index in [4.69, 9.17) is 27.9 Å². The molecular formula is C13H8BrCl2FO. The van der Waals surface area contributed by atoms with Crippen molar-refractivity contribution in [2.24, 2.45) is 0 Å². The molecule has 0 N–H and O–H groups in total. The Morgan fingerprint density at radius 1 is 1.11 bits per heavy atom. The lowest BCUT2D eigenvalue weighted by Gasteiger charge is -2.09. The summed E-state index contributed by atoms with van der Waals surface area (Å²) in [5.41, 5.74) is 0.750. The van der Waals surface area contributed by atoms with E-state index in [1.807, 2.05) is 0 Å². The third-order valence-electron chi connectivity index (χ3n) is 2.29. The highest BCUT2D eigenvalue weighted by molar-refractivity contribution is 9.10. The summed E-state index contributed by atoms with van der Waals surface area (Å²) in [5.74, 6) is -0.237. The highest BCUT2D eigenvalue weighted by atomic mass is 79.9. The number of rotatable bonds is 3. The maximum absolute atomic E-state index is 13.4. The van der Waals surface area contributed by atoms with Gasteiger partial charge < -0.3 is 4.74 Å². The maximum Gasteiger partial charge on any atom is 0.165 e. The lowest BCUT2D eigenvalue weighted by Crippen LogP contribution is -1.98. The molecule has 0 aliphatic rings. The first-order valence-corrected chi connectivity index (χ1v) is 6.63. The van der Waals surface area contributed by atoms with Crippen LogP contribution in [0, 0.1) is 5.82 Å². The Hall–Kier alpha value is -0.770. The minimum absolute atomic E-state index is 0.176. The molecule has 0 radical (unpaired) electrons. The molecule has 0 amide bonds. The number of hydrogen-bond donors (Lipinski definition) is 0. The Morgan fingerprint density at radius 2 is 1.89 bits per heavy atom. The molecule has 0 aromatic heterocycles. The summed E-state index contributed by atoms with van der Waals surface area (Å²) in [6.45, 7) is 0.184.